The molecule has 1 rings (SSSR count). The summed E-state index contributed by atoms with van der Waals surface area (Å²) in [6.45, 7) is 1.92. The molecule has 0 atom stereocenters. The summed E-state index contributed by atoms with van der Waals surface area (Å²) in [4.78, 5) is 14.9. The fraction of sp³-hybridized carbons (Fsp3) is 0.455. The van der Waals surface area contributed by atoms with Crippen LogP contribution in [0.5, 0.6) is 5.75 Å². The van der Waals surface area contributed by atoms with Crippen LogP contribution in [0.2, 0.25) is 0 Å². The number of halogens is 2. The summed E-state index contributed by atoms with van der Waals surface area (Å²) < 4.78 is 34.7. The van der Waals surface area contributed by atoms with Crippen LogP contribution in [0.4, 0.5) is 8.78 Å². The van der Waals surface area contributed by atoms with E-state index in [0.717, 1.165) is 0 Å². The molecule has 0 aromatic carbocycles. The molecular weight excluding hydrogens is 232 g/mol. The average Bonchev–Trinajstić information content (AvgIpc) is 2.29. The first-order chi connectivity index (χ1) is 8.08. The highest BCUT2D eigenvalue weighted by Gasteiger charge is 2.17. The van der Waals surface area contributed by atoms with E-state index >= 15 is 0 Å². The van der Waals surface area contributed by atoms with Crippen LogP contribution in [0, 0.1) is 0 Å². The van der Waals surface area contributed by atoms with Gasteiger partial charge in [0.2, 0.25) is 0 Å². The van der Waals surface area contributed by atoms with Gasteiger partial charge in [-0.25, -0.2) is 13.8 Å². The fourth-order valence-corrected chi connectivity index (χ4v) is 1.29. The Bertz CT molecular complexity index is 396. The Kier molecular flexibility index (Phi) is 4.81. The minimum absolute atomic E-state index is 0.00705. The number of aromatic nitrogens is 1. The number of hydrogen-bond acceptors (Lipinski definition) is 4. The highest BCUT2D eigenvalue weighted by Crippen LogP contribution is 2.27. The number of alkyl halides is 2. The zero-order valence-electron chi connectivity index (χ0n) is 9.57. The Labute approximate surface area is 97.6 Å². The van der Waals surface area contributed by atoms with Gasteiger partial charge in [0.15, 0.2) is 0 Å². The zero-order valence-corrected chi connectivity index (χ0v) is 9.57. The van der Waals surface area contributed by atoms with Gasteiger partial charge in [0.05, 0.1) is 25.8 Å². The summed E-state index contributed by atoms with van der Waals surface area (Å²) in [5.74, 6) is -0.488. The first kappa shape index (κ1) is 13.3. The van der Waals surface area contributed by atoms with Gasteiger partial charge in [-0.05, 0) is 19.1 Å². The van der Waals surface area contributed by atoms with Crippen molar-refractivity contribution in [3.05, 3.63) is 23.5 Å². The second-order valence-corrected chi connectivity index (χ2v) is 3.17. The average molecular weight is 245 g/mol. The molecule has 0 unspecified atom stereocenters. The van der Waals surface area contributed by atoms with Crippen LogP contribution in [0.15, 0.2) is 12.1 Å². The summed E-state index contributed by atoms with van der Waals surface area (Å²) in [6.07, 6.45) is -2.87. The standard InChI is InChI=1S/C11H13F2NO3/c1-3-17-9(15)6-7-4-5-8(16-2)10(14-7)11(12)13/h4-5,11H,3,6H2,1-2H3. The van der Waals surface area contributed by atoms with Crippen molar-refractivity contribution in [2.75, 3.05) is 13.7 Å². The van der Waals surface area contributed by atoms with Crippen LogP contribution in [-0.2, 0) is 16.0 Å². The summed E-state index contributed by atoms with van der Waals surface area (Å²) in [7, 11) is 1.29. The third-order valence-electron chi connectivity index (χ3n) is 2.00. The lowest BCUT2D eigenvalue weighted by atomic mass is 10.2. The number of methoxy groups -OCH3 is 1. The molecule has 0 fully saturated rings. The van der Waals surface area contributed by atoms with Crippen molar-refractivity contribution in [2.24, 2.45) is 0 Å². The van der Waals surface area contributed by atoms with Crippen molar-refractivity contribution in [3.63, 3.8) is 0 Å². The van der Waals surface area contributed by atoms with Crippen LogP contribution in [0.1, 0.15) is 24.7 Å². The number of pyridine rings is 1. The number of carbonyl (C=O) groups excluding carboxylic acids is 1. The highest BCUT2D eigenvalue weighted by molar-refractivity contribution is 5.72. The molecule has 0 saturated carbocycles. The van der Waals surface area contributed by atoms with Crippen LogP contribution < -0.4 is 4.74 Å². The molecule has 0 aliphatic rings. The van der Waals surface area contributed by atoms with Gasteiger partial charge in [0, 0.05) is 0 Å². The topological polar surface area (TPSA) is 48.4 Å². The highest BCUT2D eigenvalue weighted by atomic mass is 19.3. The smallest absolute Gasteiger partial charge is 0.311 e. The second-order valence-electron chi connectivity index (χ2n) is 3.17. The largest absolute Gasteiger partial charge is 0.495 e. The molecule has 0 N–H and O–H groups in total. The fourth-order valence-electron chi connectivity index (χ4n) is 1.29. The quantitative estimate of drug-likeness (QED) is 0.745. The third-order valence-corrected chi connectivity index (χ3v) is 2.00. The maximum absolute atomic E-state index is 12.6. The molecule has 0 saturated heterocycles. The molecule has 0 aliphatic heterocycles. The van der Waals surface area contributed by atoms with Crippen molar-refractivity contribution >= 4 is 5.97 Å². The SMILES string of the molecule is CCOC(=O)Cc1ccc(OC)c(C(F)F)n1. The van der Waals surface area contributed by atoms with E-state index in [4.69, 9.17) is 9.47 Å². The van der Waals surface area contributed by atoms with Crippen LogP contribution in [0.25, 0.3) is 0 Å². The number of ether oxygens (including phenoxy) is 2. The molecule has 6 heteroatoms. The van der Waals surface area contributed by atoms with Crippen molar-refractivity contribution in [1.29, 1.82) is 0 Å². The van der Waals surface area contributed by atoms with Crippen LogP contribution in [0.3, 0.4) is 0 Å². The first-order valence-electron chi connectivity index (χ1n) is 5.06. The Balaban J connectivity index is 2.88. The van der Waals surface area contributed by atoms with Gasteiger partial charge in [-0.2, -0.15) is 0 Å². The summed E-state index contributed by atoms with van der Waals surface area (Å²) in [5, 5.41) is 0. The van der Waals surface area contributed by atoms with Crippen LogP contribution >= 0.6 is 0 Å². The molecule has 0 amide bonds. The van der Waals surface area contributed by atoms with E-state index in [9.17, 15) is 13.6 Å². The number of nitrogens with zero attached hydrogens (tertiary/aromatic N) is 1. The Hall–Kier alpha value is -1.72. The van der Waals surface area contributed by atoms with Gasteiger partial charge in [0.25, 0.3) is 6.43 Å². The normalized spacial score (nSPS) is 10.4. The van der Waals surface area contributed by atoms with Gasteiger partial charge in [0.1, 0.15) is 11.4 Å². The van der Waals surface area contributed by atoms with Gasteiger partial charge in [-0.1, -0.05) is 0 Å². The van der Waals surface area contributed by atoms with Crippen molar-refractivity contribution in [3.8, 4) is 5.75 Å². The molecule has 4 nitrogen and oxygen atoms in total. The molecule has 0 bridgehead atoms. The summed E-state index contributed by atoms with van der Waals surface area (Å²) in [6, 6.07) is 2.82. The van der Waals surface area contributed by atoms with Crippen molar-refractivity contribution in [2.45, 2.75) is 19.8 Å². The van der Waals surface area contributed by atoms with Gasteiger partial charge < -0.3 is 9.47 Å². The van der Waals surface area contributed by atoms with Gasteiger partial charge in [-0.3, -0.25) is 4.79 Å². The predicted octanol–water partition coefficient (Wildman–Crippen LogP) is 2.13. The maximum atomic E-state index is 12.6. The Morgan fingerprint density at radius 3 is 2.71 bits per heavy atom. The van der Waals surface area contributed by atoms with Gasteiger partial charge >= 0.3 is 5.97 Å². The maximum Gasteiger partial charge on any atom is 0.311 e. The van der Waals surface area contributed by atoms with Crippen molar-refractivity contribution < 1.29 is 23.0 Å². The zero-order chi connectivity index (χ0) is 12.8. The van der Waals surface area contributed by atoms with E-state index in [-0.39, 0.29) is 24.5 Å². The first-order valence-corrected chi connectivity index (χ1v) is 5.06. The van der Waals surface area contributed by atoms with E-state index in [0.29, 0.717) is 0 Å². The second kappa shape index (κ2) is 6.12. The lowest BCUT2D eigenvalue weighted by Gasteiger charge is -2.08. The van der Waals surface area contributed by atoms with E-state index in [1.54, 1.807) is 6.92 Å². The molecule has 94 valence electrons. The summed E-state index contributed by atoms with van der Waals surface area (Å²) >= 11 is 0. The number of rotatable bonds is 5. The third kappa shape index (κ3) is 3.65. The van der Waals surface area contributed by atoms with E-state index in [1.807, 2.05) is 0 Å². The number of carbonyl (C=O) groups is 1. The molecule has 0 spiro atoms. The lowest BCUT2D eigenvalue weighted by Crippen LogP contribution is -2.10. The summed E-state index contributed by atoms with van der Waals surface area (Å²) in [5.41, 5.74) is -0.228. The molecule has 0 radical (unpaired) electrons. The minimum atomic E-state index is -2.74. The molecule has 0 aliphatic carbocycles. The predicted molar refractivity (Wildman–Crippen MR) is 56.1 cm³/mol. The minimum Gasteiger partial charge on any atom is -0.495 e. The van der Waals surface area contributed by atoms with E-state index < -0.39 is 18.1 Å². The van der Waals surface area contributed by atoms with Crippen LogP contribution in [-0.4, -0.2) is 24.7 Å². The molecule has 1 heterocycles. The lowest BCUT2D eigenvalue weighted by molar-refractivity contribution is -0.142. The van der Waals surface area contributed by atoms with Crippen molar-refractivity contribution in [1.82, 2.24) is 4.98 Å². The Morgan fingerprint density at radius 1 is 1.47 bits per heavy atom. The molecule has 17 heavy (non-hydrogen) atoms. The number of esters is 1. The van der Waals surface area contributed by atoms with E-state index in [1.165, 1.54) is 19.2 Å². The van der Waals surface area contributed by atoms with Gasteiger partial charge in [-0.15, -0.1) is 0 Å². The molecular formula is C11H13F2NO3. The monoisotopic (exact) mass is 245 g/mol. The Morgan fingerprint density at radius 2 is 2.18 bits per heavy atom. The number of hydrogen-bond donors (Lipinski definition) is 0. The van der Waals surface area contributed by atoms with E-state index in [2.05, 4.69) is 4.98 Å². The molecule has 1 aromatic rings. The molecule has 1 aromatic heterocycles.